The Morgan fingerprint density at radius 2 is 2.06 bits per heavy atom. The molecule has 0 radical (unpaired) electrons. The van der Waals surface area contributed by atoms with Crippen LogP contribution in [-0.4, -0.2) is 23.6 Å². The first-order valence-electron chi connectivity index (χ1n) is 5.35. The lowest BCUT2D eigenvalue weighted by Crippen LogP contribution is -2.11. The van der Waals surface area contributed by atoms with Crippen LogP contribution in [0.3, 0.4) is 0 Å². The fraction of sp³-hybridized carbons (Fsp3) is 0.250. The number of hydrogen-bond acceptors (Lipinski definition) is 2. The molecule has 0 atom stereocenters. The van der Waals surface area contributed by atoms with Gasteiger partial charge in [0, 0.05) is 23.6 Å². The van der Waals surface area contributed by atoms with E-state index in [2.05, 4.69) is 31.2 Å². The van der Waals surface area contributed by atoms with Crippen molar-refractivity contribution in [2.24, 2.45) is 0 Å². The molecule has 90 valence electrons. The van der Waals surface area contributed by atoms with Crippen LogP contribution in [0.25, 0.3) is 11.3 Å². The topological polar surface area (TPSA) is 40.7 Å². The number of aromatic nitrogens is 2. The van der Waals surface area contributed by atoms with Crippen molar-refractivity contribution in [3.05, 3.63) is 39.7 Å². The molecule has 5 heteroatoms. The Labute approximate surface area is 114 Å². The van der Waals surface area contributed by atoms with Crippen LogP contribution < -0.4 is 5.32 Å². The Hall–Kier alpha value is -0.840. The molecule has 0 aliphatic carbocycles. The van der Waals surface area contributed by atoms with Crippen molar-refractivity contribution in [2.45, 2.75) is 6.42 Å². The quantitative estimate of drug-likeness (QED) is 0.909. The molecule has 0 saturated carbocycles. The van der Waals surface area contributed by atoms with Crippen LogP contribution in [0.5, 0.6) is 0 Å². The molecule has 0 spiro atoms. The molecule has 17 heavy (non-hydrogen) atoms. The lowest BCUT2D eigenvalue weighted by molar-refractivity contribution is 0.764. The maximum Gasteiger partial charge on any atom is 0.110 e. The van der Waals surface area contributed by atoms with E-state index in [1.165, 1.54) is 0 Å². The van der Waals surface area contributed by atoms with Gasteiger partial charge in [0.15, 0.2) is 0 Å². The molecule has 2 N–H and O–H groups in total. The van der Waals surface area contributed by atoms with Crippen LogP contribution in [0.4, 0.5) is 0 Å². The van der Waals surface area contributed by atoms with E-state index in [-0.39, 0.29) is 0 Å². The Balaban J connectivity index is 2.26. The summed E-state index contributed by atoms with van der Waals surface area (Å²) in [6.07, 6.45) is 0.878. The van der Waals surface area contributed by atoms with Crippen molar-refractivity contribution in [1.29, 1.82) is 0 Å². The summed E-state index contributed by atoms with van der Waals surface area (Å²) in [4.78, 5) is 7.79. The van der Waals surface area contributed by atoms with Gasteiger partial charge in [-0.25, -0.2) is 4.98 Å². The number of nitrogens with zero attached hydrogens (tertiary/aromatic N) is 1. The number of halogens is 2. The summed E-state index contributed by atoms with van der Waals surface area (Å²) >= 11 is 9.36. The Kier molecular flexibility index (Phi) is 4.20. The molecule has 2 aromatic rings. The van der Waals surface area contributed by atoms with E-state index in [9.17, 15) is 0 Å². The van der Waals surface area contributed by atoms with Gasteiger partial charge in [-0.3, -0.25) is 0 Å². The first-order chi connectivity index (χ1) is 8.20. The van der Waals surface area contributed by atoms with Crippen molar-refractivity contribution >= 4 is 27.5 Å². The lowest BCUT2D eigenvalue weighted by atomic mass is 10.2. The molecule has 0 aliphatic heterocycles. The molecule has 0 unspecified atom stereocenters. The highest BCUT2D eigenvalue weighted by Gasteiger charge is 2.09. The lowest BCUT2D eigenvalue weighted by Gasteiger charge is -1.97. The van der Waals surface area contributed by atoms with Crippen molar-refractivity contribution < 1.29 is 0 Å². The third kappa shape index (κ3) is 3.09. The molecule has 0 aliphatic rings. The number of nitrogens with one attached hydrogen (secondary N) is 2. The number of benzene rings is 1. The van der Waals surface area contributed by atoms with E-state index >= 15 is 0 Å². The fourth-order valence-electron chi connectivity index (χ4n) is 1.56. The summed E-state index contributed by atoms with van der Waals surface area (Å²) in [5.74, 6) is 0.969. The van der Waals surface area contributed by atoms with Gasteiger partial charge in [0.2, 0.25) is 0 Å². The van der Waals surface area contributed by atoms with Crippen LogP contribution >= 0.6 is 27.5 Å². The van der Waals surface area contributed by atoms with E-state index < -0.39 is 0 Å². The predicted octanol–water partition coefficient (Wildman–Crippen LogP) is 3.25. The molecule has 0 bridgehead atoms. The molecule has 0 fully saturated rings. The molecule has 0 amide bonds. The maximum atomic E-state index is 5.86. The minimum absolute atomic E-state index is 0.732. The Morgan fingerprint density at radius 1 is 1.35 bits per heavy atom. The molecule has 1 heterocycles. The predicted molar refractivity (Wildman–Crippen MR) is 74.4 cm³/mol. The number of rotatable bonds is 4. The smallest absolute Gasteiger partial charge is 0.110 e. The second kappa shape index (κ2) is 5.67. The molecule has 1 aromatic carbocycles. The number of aromatic amines is 1. The van der Waals surface area contributed by atoms with Crippen molar-refractivity contribution in [3.8, 4) is 11.3 Å². The van der Waals surface area contributed by atoms with Gasteiger partial charge in [-0.15, -0.1) is 0 Å². The van der Waals surface area contributed by atoms with E-state index in [1.807, 2.05) is 31.3 Å². The molecular weight excluding hydrogens is 302 g/mol. The average molecular weight is 315 g/mol. The van der Waals surface area contributed by atoms with Gasteiger partial charge in [-0.05, 0) is 35.1 Å². The third-order valence-corrected chi connectivity index (χ3v) is 3.26. The first kappa shape index (κ1) is 12.6. The van der Waals surface area contributed by atoms with Gasteiger partial charge in [0.05, 0.1) is 0 Å². The summed E-state index contributed by atoms with van der Waals surface area (Å²) in [6.45, 7) is 0.903. The standard InChI is InChI=1S/C12H13BrClN3/c1-15-7-6-10-16-11(12(13)17-10)8-2-4-9(14)5-3-8/h2-5,15H,6-7H2,1H3,(H,16,17). The monoisotopic (exact) mass is 313 g/mol. The van der Waals surface area contributed by atoms with Crippen molar-refractivity contribution in [2.75, 3.05) is 13.6 Å². The van der Waals surface area contributed by atoms with Gasteiger partial charge >= 0.3 is 0 Å². The zero-order chi connectivity index (χ0) is 12.3. The van der Waals surface area contributed by atoms with Gasteiger partial charge in [-0.1, -0.05) is 23.7 Å². The van der Waals surface area contributed by atoms with Crippen LogP contribution in [-0.2, 0) is 6.42 Å². The third-order valence-electron chi connectivity index (χ3n) is 2.44. The number of likely N-dealkylation sites (N-methyl/N-ethyl adjacent to an activating group) is 1. The zero-order valence-electron chi connectivity index (χ0n) is 9.43. The maximum absolute atomic E-state index is 5.86. The van der Waals surface area contributed by atoms with Gasteiger partial charge in [0.1, 0.15) is 16.1 Å². The normalized spacial score (nSPS) is 10.8. The summed E-state index contributed by atoms with van der Waals surface area (Å²) in [6, 6.07) is 7.66. The van der Waals surface area contributed by atoms with Crippen molar-refractivity contribution in [3.63, 3.8) is 0 Å². The van der Waals surface area contributed by atoms with Gasteiger partial charge in [0.25, 0.3) is 0 Å². The number of H-pyrrole nitrogens is 1. The summed E-state index contributed by atoms with van der Waals surface area (Å²) in [5.41, 5.74) is 1.97. The Morgan fingerprint density at radius 3 is 2.71 bits per heavy atom. The highest BCUT2D eigenvalue weighted by molar-refractivity contribution is 9.10. The number of imidazole rings is 1. The Bertz CT molecular complexity index is 493. The van der Waals surface area contributed by atoms with E-state index in [0.29, 0.717) is 0 Å². The van der Waals surface area contributed by atoms with E-state index in [0.717, 1.165) is 39.7 Å². The highest BCUT2D eigenvalue weighted by atomic mass is 79.9. The average Bonchev–Trinajstić information content (AvgIpc) is 2.69. The molecule has 3 nitrogen and oxygen atoms in total. The summed E-state index contributed by atoms with van der Waals surface area (Å²) in [5, 5.41) is 3.83. The first-order valence-corrected chi connectivity index (χ1v) is 6.52. The molecule has 0 saturated heterocycles. The molecular formula is C12H13BrClN3. The minimum atomic E-state index is 0.732. The highest BCUT2D eigenvalue weighted by Crippen LogP contribution is 2.27. The fourth-order valence-corrected chi connectivity index (χ4v) is 2.23. The molecule has 2 rings (SSSR count). The SMILES string of the molecule is CNCCc1nc(-c2ccc(Cl)cc2)c(Br)[nH]1. The zero-order valence-corrected chi connectivity index (χ0v) is 11.8. The summed E-state index contributed by atoms with van der Waals surface area (Å²) in [7, 11) is 1.93. The van der Waals surface area contributed by atoms with Gasteiger partial charge in [-0.2, -0.15) is 0 Å². The second-order valence-electron chi connectivity index (χ2n) is 3.71. The van der Waals surface area contributed by atoms with Crippen LogP contribution in [0.15, 0.2) is 28.9 Å². The van der Waals surface area contributed by atoms with Crippen LogP contribution in [0.2, 0.25) is 5.02 Å². The van der Waals surface area contributed by atoms with Gasteiger partial charge < -0.3 is 10.3 Å². The largest absolute Gasteiger partial charge is 0.336 e. The van der Waals surface area contributed by atoms with E-state index in [4.69, 9.17) is 11.6 Å². The van der Waals surface area contributed by atoms with E-state index in [1.54, 1.807) is 0 Å². The van der Waals surface area contributed by atoms with Crippen LogP contribution in [0.1, 0.15) is 5.82 Å². The molecule has 1 aromatic heterocycles. The minimum Gasteiger partial charge on any atom is -0.336 e. The van der Waals surface area contributed by atoms with Crippen molar-refractivity contribution in [1.82, 2.24) is 15.3 Å². The number of hydrogen-bond donors (Lipinski definition) is 2. The second-order valence-corrected chi connectivity index (χ2v) is 4.94. The summed E-state index contributed by atoms with van der Waals surface area (Å²) < 4.78 is 0.908. The van der Waals surface area contributed by atoms with Crippen LogP contribution in [0, 0.1) is 0 Å².